The van der Waals surface area contributed by atoms with Crippen LogP contribution in [0.15, 0.2) is 157 Å². The summed E-state index contributed by atoms with van der Waals surface area (Å²) in [6, 6.07) is 54.8. The molecule has 5 heteroatoms. The molecule has 8 aromatic rings. The van der Waals surface area contributed by atoms with Crippen molar-refractivity contribution >= 4 is 96.7 Å². The summed E-state index contributed by atoms with van der Waals surface area (Å²) in [5, 5.41) is 5.02. The molecule has 45 heavy (non-hydrogen) atoms. The number of halogens is 2. The van der Waals surface area contributed by atoms with Gasteiger partial charge in [0.25, 0.3) is 0 Å². The lowest BCUT2D eigenvalue weighted by molar-refractivity contribution is 1.17. The average Bonchev–Trinajstić information content (AvgIpc) is 3.63. The molecule has 2 aromatic heterocycles. The number of nitrogens with zero attached hydrogens (tertiary/aromatic N) is 3. The minimum atomic E-state index is -1.97. The number of benzene rings is 6. The van der Waals surface area contributed by atoms with Gasteiger partial charge >= 0.3 is 0 Å². The zero-order valence-corrected chi connectivity index (χ0v) is 28.6. The van der Waals surface area contributed by atoms with Gasteiger partial charge in [0.05, 0.1) is 22.1 Å². The molecular weight excluding hydrogens is 776 g/mol. The van der Waals surface area contributed by atoms with Crippen LogP contribution in [0.3, 0.4) is 0 Å². The van der Waals surface area contributed by atoms with Crippen molar-refractivity contribution in [1.82, 2.24) is 9.13 Å². The molecule has 3 nitrogen and oxygen atoms in total. The van der Waals surface area contributed by atoms with Gasteiger partial charge in [0.15, 0.2) is 3.76 Å². The predicted molar refractivity (Wildman–Crippen MR) is 213 cm³/mol. The highest BCUT2D eigenvalue weighted by Crippen LogP contribution is 2.42. The number of para-hydroxylation sites is 3. The van der Waals surface area contributed by atoms with E-state index in [-0.39, 0.29) is 0 Å². The molecule has 0 fully saturated rings. The van der Waals surface area contributed by atoms with E-state index in [0.717, 1.165) is 9.44 Å². The second-order valence-corrected chi connectivity index (χ2v) is 19.8. The van der Waals surface area contributed by atoms with Crippen LogP contribution in [0.1, 0.15) is 11.1 Å². The van der Waals surface area contributed by atoms with Crippen LogP contribution >= 0.6 is 39.6 Å². The lowest BCUT2D eigenvalue weighted by Crippen LogP contribution is -2.14. The summed E-state index contributed by atoms with van der Waals surface area (Å²) in [6.07, 6.45) is 0. The molecule has 0 N–H and O–H groups in total. The average molecular weight is 803 g/mol. The number of fused-ring (bicyclic) bond motifs is 7. The van der Waals surface area contributed by atoms with Gasteiger partial charge in [0, 0.05) is 34.3 Å². The Hall–Kier alpha value is -4.34. The molecule has 6 aromatic carbocycles. The molecule has 0 bridgehead atoms. The molecule has 9 rings (SSSR count). The Morgan fingerprint density at radius 3 is 1.60 bits per heavy atom. The van der Waals surface area contributed by atoms with Crippen LogP contribution in [0.4, 0.5) is 0 Å². The molecule has 0 atom stereocenters. The minimum absolute atomic E-state index is 0.597. The summed E-state index contributed by atoms with van der Waals surface area (Å²) in [6.45, 7) is 0. The van der Waals surface area contributed by atoms with E-state index in [4.69, 9.17) is 9.51 Å². The normalized spacial score (nSPS) is 14.2. The van der Waals surface area contributed by atoms with Gasteiger partial charge in [0.1, 0.15) is 3.72 Å². The molecule has 0 saturated heterocycles. The Morgan fingerprint density at radius 2 is 0.978 bits per heavy atom. The lowest BCUT2D eigenvalue weighted by Gasteiger charge is -2.18. The number of aromatic nitrogens is 2. The van der Waals surface area contributed by atoms with Crippen molar-refractivity contribution in [1.29, 1.82) is 0 Å². The Balaban J connectivity index is 1.47. The second-order valence-electron chi connectivity index (χ2n) is 11.0. The fourth-order valence-electron chi connectivity index (χ4n) is 6.50. The third kappa shape index (κ3) is 4.28. The molecule has 0 spiro atoms. The van der Waals surface area contributed by atoms with Crippen molar-refractivity contribution in [2.45, 2.75) is 0 Å². The summed E-state index contributed by atoms with van der Waals surface area (Å²) in [7, 11) is 0. The molecule has 1 aliphatic rings. The van der Waals surface area contributed by atoms with Crippen LogP contribution in [0.25, 0.3) is 49.3 Å². The maximum Gasteiger partial charge on any atom is 0.172 e. The lowest BCUT2D eigenvalue weighted by atomic mass is 10.1. The Morgan fingerprint density at radius 1 is 0.489 bits per heavy atom. The fraction of sp³-hybridized carbons (Fsp3) is 0. The standard InChI is InChI=1S/C40H27I2N3/c1-42-38(27-15-5-2-6-16-27)41-40(43-39(42)28-17-7-3-8-18-28)45-35-24-14-12-22-31(35)33-26-25-32-30-21-11-13-23-34(30)44(36(32)37(33)45)29-19-9-4-10-20-29/h2-26H,1H2. The van der Waals surface area contributed by atoms with E-state index in [1.807, 2.05) is 0 Å². The van der Waals surface area contributed by atoms with E-state index in [2.05, 4.69) is 161 Å². The largest absolute Gasteiger partial charge is 0.307 e. The first-order chi connectivity index (χ1) is 22.3. The van der Waals surface area contributed by atoms with E-state index in [0.29, 0.717) is 0 Å². The topological polar surface area (TPSA) is 22.2 Å². The van der Waals surface area contributed by atoms with Crippen LogP contribution in [0.5, 0.6) is 0 Å². The van der Waals surface area contributed by atoms with Gasteiger partial charge in [-0.1, -0.05) is 151 Å². The number of rotatable bonds is 4. The van der Waals surface area contributed by atoms with Crippen molar-refractivity contribution in [3.05, 3.63) is 163 Å². The van der Waals surface area contributed by atoms with Crippen LogP contribution in [-0.2, 0) is 0 Å². The molecule has 0 radical (unpaired) electrons. The zero-order chi connectivity index (χ0) is 29.9. The van der Waals surface area contributed by atoms with Crippen LogP contribution in [0.2, 0.25) is 0 Å². The van der Waals surface area contributed by atoms with Gasteiger partial charge in [-0.25, -0.2) is 4.99 Å². The van der Waals surface area contributed by atoms with Crippen LogP contribution in [-0.4, -0.2) is 22.6 Å². The summed E-state index contributed by atoms with van der Waals surface area (Å²) < 4.78 is 13.7. The molecule has 0 amide bonds. The maximum absolute atomic E-state index is 5.64. The highest BCUT2D eigenvalue weighted by atomic mass is 127. The van der Waals surface area contributed by atoms with Gasteiger partial charge in [-0.2, -0.15) is 0 Å². The van der Waals surface area contributed by atoms with Crippen molar-refractivity contribution in [3.63, 3.8) is 0 Å². The Labute approximate surface area is 277 Å². The van der Waals surface area contributed by atoms with E-state index >= 15 is 0 Å². The highest BCUT2D eigenvalue weighted by molar-refractivity contribution is 14.3. The molecule has 0 saturated carbocycles. The summed E-state index contributed by atoms with van der Waals surface area (Å²) >= 11 is -2.57. The van der Waals surface area contributed by atoms with Gasteiger partial charge in [-0.3, -0.25) is 4.57 Å². The molecular formula is C40H27I2N3. The molecule has 216 valence electrons. The van der Waals surface area contributed by atoms with Crippen LogP contribution in [0, 0.1) is 0 Å². The van der Waals surface area contributed by atoms with Crippen molar-refractivity contribution < 1.29 is 0 Å². The van der Waals surface area contributed by atoms with E-state index in [9.17, 15) is 0 Å². The monoisotopic (exact) mass is 803 g/mol. The number of hydrogen-bond acceptors (Lipinski definition) is 1. The highest BCUT2D eigenvalue weighted by Gasteiger charge is 2.24. The van der Waals surface area contributed by atoms with Crippen molar-refractivity contribution in [2.75, 3.05) is 0 Å². The third-order valence-corrected chi connectivity index (χ3v) is 19.3. The summed E-state index contributed by atoms with van der Waals surface area (Å²) in [4.78, 5) is 5.64. The van der Waals surface area contributed by atoms with Gasteiger partial charge in [0.2, 0.25) is 0 Å². The van der Waals surface area contributed by atoms with Gasteiger partial charge < -0.3 is 4.57 Å². The Kier molecular flexibility index (Phi) is 6.56. The van der Waals surface area contributed by atoms with E-state index < -0.39 is 39.6 Å². The Bertz CT molecular complexity index is 2580. The first kappa shape index (κ1) is 27.0. The second kappa shape index (κ2) is 10.9. The van der Waals surface area contributed by atoms with Crippen molar-refractivity contribution in [3.8, 4) is 5.69 Å². The molecule has 1 aliphatic heterocycles. The number of hydrogen-bond donors (Lipinski definition) is 0. The number of aliphatic imine (C=N–C) groups is 1. The van der Waals surface area contributed by atoms with E-state index in [1.54, 1.807) is 1.52 Å². The SMILES string of the molecule is C=I1=C(c2ccccc2)I=C(n2c3ccccc3c3ccc4c5ccccc5n(-c5ccccc5)c4c32)N=C1c1ccccc1. The third-order valence-electron chi connectivity index (χ3n) is 8.45. The van der Waals surface area contributed by atoms with Crippen molar-refractivity contribution in [2.24, 2.45) is 4.99 Å². The summed E-state index contributed by atoms with van der Waals surface area (Å²) in [5.41, 5.74) is 8.54. The van der Waals surface area contributed by atoms with Gasteiger partial charge in [-0.05, 0) is 50.6 Å². The quantitative estimate of drug-likeness (QED) is 0.158. The maximum atomic E-state index is 5.64. The van der Waals surface area contributed by atoms with Gasteiger partial charge in [-0.15, -0.1) is 0 Å². The molecule has 3 heterocycles. The molecule has 0 aliphatic carbocycles. The smallest absolute Gasteiger partial charge is 0.172 e. The first-order valence-corrected chi connectivity index (χ1v) is 20.7. The first-order valence-electron chi connectivity index (χ1n) is 14.9. The minimum Gasteiger partial charge on any atom is -0.307 e. The zero-order valence-electron chi connectivity index (χ0n) is 24.2. The molecule has 0 unspecified atom stereocenters. The fourth-order valence-corrected chi connectivity index (χ4v) is 16.8. The summed E-state index contributed by atoms with van der Waals surface area (Å²) in [5.74, 6) is 0. The predicted octanol–water partition coefficient (Wildman–Crippen LogP) is 10.4. The van der Waals surface area contributed by atoms with E-state index in [1.165, 1.54) is 58.5 Å². The van der Waals surface area contributed by atoms with Crippen LogP contribution < -0.4 is 0 Å².